The van der Waals surface area contributed by atoms with E-state index in [2.05, 4.69) is 10.7 Å². The number of hydrazine groups is 1. The number of carbonyl (C=O) groups is 4. The fourth-order valence-electron chi connectivity index (χ4n) is 3.09. The number of amides is 4. The van der Waals surface area contributed by atoms with Crippen molar-refractivity contribution in [2.45, 2.75) is 31.7 Å². The summed E-state index contributed by atoms with van der Waals surface area (Å²) < 4.78 is 10.00. The van der Waals surface area contributed by atoms with E-state index in [4.69, 9.17) is 9.15 Å². The normalized spacial score (nSPS) is 18.4. The maximum absolute atomic E-state index is 12.9. The highest BCUT2D eigenvalue weighted by molar-refractivity contribution is 6.08. The first-order valence-corrected chi connectivity index (χ1v) is 9.16. The van der Waals surface area contributed by atoms with Gasteiger partial charge in [0.15, 0.2) is 6.61 Å². The van der Waals surface area contributed by atoms with Crippen molar-refractivity contribution < 1.29 is 28.3 Å². The quantitative estimate of drug-likeness (QED) is 0.515. The number of carbonyl (C=O) groups excluding carboxylic acids is 4. The molecule has 0 aliphatic carbocycles. The first-order valence-electron chi connectivity index (χ1n) is 9.16. The van der Waals surface area contributed by atoms with Gasteiger partial charge in [0, 0.05) is 6.42 Å². The number of esters is 1. The molecule has 0 saturated carbocycles. The first-order chi connectivity index (χ1) is 14.0. The van der Waals surface area contributed by atoms with Crippen molar-refractivity contribution in [1.82, 2.24) is 15.8 Å². The summed E-state index contributed by atoms with van der Waals surface area (Å²) in [4.78, 5) is 49.0. The minimum atomic E-state index is -1.26. The van der Waals surface area contributed by atoms with Crippen molar-refractivity contribution in [3.05, 3.63) is 60.1 Å². The second kappa shape index (κ2) is 8.59. The van der Waals surface area contributed by atoms with E-state index in [1.165, 1.54) is 6.26 Å². The number of urea groups is 1. The van der Waals surface area contributed by atoms with Gasteiger partial charge in [-0.25, -0.2) is 4.79 Å². The average molecular weight is 399 g/mol. The molecule has 2 N–H and O–H groups in total. The molecule has 1 aromatic heterocycles. The molecule has 152 valence electrons. The van der Waals surface area contributed by atoms with Crippen molar-refractivity contribution in [1.29, 1.82) is 0 Å². The fraction of sp³-hybridized carbons (Fsp3) is 0.300. The summed E-state index contributed by atoms with van der Waals surface area (Å²) in [6.45, 7) is 1.15. The molecule has 2 heterocycles. The molecule has 1 atom stereocenters. The second-order valence-corrected chi connectivity index (χ2v) is 6.47. The third-order valence-corrected chi connectivity index (χ3v) is 4.64. The third kappa shape index (κ3) is 4.29. The Labute approximate surface area is 167 Å². The molecule has 9 nitrogen and oxygen atoms in total. The first kappa shape index (κ1) is 20.1. The van der Waals surface area contributed by atoms with Crippen LogP contribution in [0.1, 0.15) is 31.1 Å². The molecule has 3 rings (SSSR count). The van der Waals surface area contributed by atoms with Gasteiger partial charge in [-0.15, -0.1) is 0 Å². The Bertz CT molecular complexity index is 896. The minimum Gasteiger partial charge on any atom is -0.469 e. The smallest absolute Gasteiger partial charge is 0.344 e. The number of furan rings is 1. The van der Waals surface area contributed by atoms with Gasteiger partial charge in [-0.3, -0.25) is 19.8 Å². The zero-order valence-corrected chi connectivity index (χ0v) is 15.8. The number of hydrogen-bond acceptors (Lipinski definition) is 6. The van der Waals surface area contributed by atoms with Crippen LogP contribution in [-0.2, 0) is 31.1 Å². The molecule has 1 saturated heterocycles. The zero-order valence-electron chi connectivity index (χ0n) is 15.8. The molecule has 0 unspecified atom stereocenters. The fourth-order valence-corrected chi connectivity index (χ4v) is 3.09. The van der Waals surface area contributed by atoms with Crippen molar-refractivity contribution in [3.63, 3.8) is 0 Å². The van der Waals surface area contributed by atoms with E-state index in [0.29, 0.717) is 29.2 Å². The SMILES string of the molecule is CC[C@]1(c2ccccc2)NC(=O)N(NC(=O)COC(=O)CCc2ccco2)C1=O. The van der Waals surface area contributed by atoms with Crippen molar-refractivity contribution in [2.24, 2.45) is 0 Å². The molecule has 1 aromatic carbocycles. The second-order valence-electron chi connectivity index (χ2n) is 6.47. The summed E-state index contributed by atoms with van der Waals surface area (Å²) in [7, 11) is 0. The summed E-state index contributed by atoms with van der Waals surface area (Å²) in [5.74, 6) is -1.36. The van der Waals surface area contributed by atoms with Gasteiger partial charge in [-0.1, -0.05) is 37.3 Å². The van der Waals surface area contributed by atoms with Gasteiger partial charge in [0.2, 0.25) is 0 Å². The Morgan fingerprint density at radius 2 is 1.93 bits per heavy atom. The molecule has 9 heteroatoms. The van der Waals surface area contributed by atoms with Gasteiger partial charge >= 0.3 is 12.0 Å². The number of rotatable bonds is 8. The van der Waals surface area contributed by atoms with Gasteiger partial charge in [0.25, 0.3) is 11.8 Å². The molecule has 0 bridgehead atoms. The Morgan fingerprint density at radius 3 is 2.59 bits per heavy atom. The lowest BCUT2D eigenvalue weighted by molar-refractivity contribution is -0.150. The van der Waals surface area contributed by atoms with Gasteiger partial charge in [0.05, 0.1) is 12.7 Å². The largest absolute Gasteiger partial charge is 0.469 e. The third-order valence-electron chi connectivity index (χ3n) is 4.64. The Kier molecular flexibility index (Phi) is 5.96. The van der Waals surface area contributed by atoms with E-state index in [9.17, 15) is 19.2 Å². The zero-order chi connectivity index (χ0) is 20.9. The molecule has 0 spiro atoms. The van der Waals surface area contributed by atoms with E-state index in [1.54, 1.807) is 49.4 Å². The van der Waals surface area contributed by atoms with E-state index < -0.39 is 36.0 Å². The lowest BCUT2D eigenvalue weighted by atomic mass is 9.87. The van der Waals surface area contributed by atoms with Crippen LogP contribution in [-0.4, -0.2) is 35.4 Å². The molecule has 0 radical (unpaired) electrons. The minimum absolute atomic E-state index is 0.0386. The maximum Gasteiger partial charge on any atom is 0.344 e. The van der Waals surface area contributed by atoms with Crippen LogP contribution >= 0.6 is 0 Å². The van der Waals surface area contributed by atoms with E-state index in [-0.39, 0.29) is 6.42 Å². The average Bonchev–Trinajstić information content (AvgIpc) is 3.34. The predicted molar refractivity (Wildman–Crippen MR) is 99.9 cm³/mol. The molecule has 1 aliphatic rings. The van der Waals surface area contributed by atoms with E-state index in [0.717, 1.165) is 0 Å². The molecule has 4 amide bonds. The van der Waals surface area contributed by atoms with Crippen LogP contribution in [0.2, 0.25) is 0 Å². The topological polar surface area (TPSA) is 118 Å². The highest BCUT2D eigenvalue weighted by atomic mass is 16.5. The maximum atomic E-state index is 12.9. The number of nitrogens with zero attached hydrogens (tertiary/aromatic N) is 1. The van der Waals surface area contributed by atoms with Crippen LogP contribution in [0.5, 0.6) is 0 Å². The monoisotopic (exact) mass is 399 g/mol. The molecular formula is C20H21N3O6. The lowest BCUT2D eigenvalue weighted by Crippen LogP contribution is -2.49. The summed E-state index contributed by atoms with van der Waals surface area (Å²) in [5, 5.41) is 3.26. The standard InChI is InChI=1S/C20H21N3O6/c1-2-20(14-7-4-3-5-8-14)18(26)23(19(27)21-20)22-16(24)13-29-17(25)11-10-15-9-6-12-28-15/h3-9,12H,2,10-11,13H2,1H3,(H,21,27)(H,22,24)/t20-/m1/s1. The molecular weight excluding hydrogens is 378 g/mol. The van der Waals surface area contributed by atoms with Gasteiger partial charge in [0.1, 0.15) is 11.3 Å². The van der Waals surface area contributed by atoms with E-state index >= 15 is 0 Å². The van der Waals surface area contributed by atoms with Gasteiger partial charge < -0.3 is 14.5 Å². The number of benzene rings is 1. The van der Waals surface area contributed by atoms with Crippen LogP contribution in [0, 0.1) is 0 Å². The highest BCUT2D eigenvalue weighted by Gasteiger charge is 2.52. The van der Waals surface area contributed by atoms with Crippen LogP contribution in [0.3, 0.4) is 0 Å². The van der Waals surface area contributed by atoms with Crippen LogP contribution in [0.25, 0.3) is 0 Å². The lowest BCUT2D eigenvalue weighted by Gasteiger charge is -2.25. The summed E-state index contributed by atoms with van der Waals surface area (Å²) >= 11 is 0. The number of imide groups is 1. The number of aryl methyl sites for hydroxylation is 1. The summed E-state index contributed by atoms with van der Waals surface area (Å²) in [6, 6.07) is 11.5. The Balaban J connectivity index is 1.55. The van der Waals surface area contributed by atoms with Crippen molar-refractivity contribution >= 4 is 23.8 Å². The Hall–Kier alpha value is -3.62. The van der Waals surface area contributed by atoms with E-state index in [1.807, 2.05) is 0 Å². The summed E-state index contributed by atoms with van der Waals surface area (Å²) in [5.41, 5.74) is 1.55. The van der Waals surface area contributed by atoms with Gasteiger partial charge in [-0.05, 0) is 24.1 Å². The predicted octanol–water partition coefficient (Wildman–Crippen LogP) is 1.64. The number of nitrogens with one attached hydrogen (secondary N) is 2. The van der Waals surface area contributed by atoms with Crippen molar-refractivity contribution in [2.75, 3.05) is 6.61 Å². The van der Waals surface area contributed by atoms with Crippen LogP contribution in [0.4, 0.5) is 4.79 Å². The number of ether oxygens (including phenoxy) is 1. The highest BCUT2D eigenvalue weighted by Crippen LogP contribution is 2.31. The molecule has 29 heavy (non-hydrogen) atoms. The molecule has 1 aliphatic heterocycles. The molecule has 1 fully saturated rings. The van der Waals surface area contributed by atoms with Crippen LogP contribution in [0.15, 0.2) is 53.1 Å². The Morgan fingerprint density at radius 1 is 1.17 bits per heavy atom. The van der Waals surface area contributed by atoms with Crippen molar-refractivity contribution in [3.8, 4) is 0 Å². The van der Waals surface area contributed by atoms with Gasteiger partial charge in [-0.2, -0.15) is 5.01 Å². The summed E-state index contributed by atoms with van der Waals surface area (Å²) in [6.07, 6.45) is 2.18. The molecule has 2 aromatic rings. The van der Waals surface area contributed by atoms with Crippen LogP contribution < -0.4 is 10.7 Å². The number of hydrogen-bond donors (Lipinski definition) is 2.